The normalized spacial score (nSPS) is 18.2. The summed E-state index contributed by atoms with van der Waals surface area (Å²) in [5.41, 5.74) is 1.74. The lowest BCUT2D eigenvalue weighted by atomic mass is 9.93. The van der Waals surface area contributed by atoms with Crippen molar-refractivity contribution >= 4 is 34.1 Å². The third kappa shape index (κ3) is 5.34. The fraction of sp³-hybridized carbons (Fsp3) is 0.667. The molecule has 0 aliphatic heterocycles. The molecule has 1 fully saturated rings. The van der Waals surface area contributed by atoms with Crippen LogP contribution in [-0.2, 0) is 22.4 Å². The molecule has 3 rings (SSSR count). The summed E-state index contributed by atoms with van der Waals surface area (Å²) in [5.74, 6) is -1.44. The van der Waals surface area contributed by atoms with Crippen LogP contribution >= 0.6 is 11.3 Å². The molecule has 2 aliphatic rings. The van der Waals surface area contributed by atoms with E-state index < -0.39 is 5.97 Å². The van der Waals surface area contributed by atoms with Crippen LogP contribution in [-0.4, -0.2) is 28.9 Å². The Kier molecular flexibility index (Phi) is 7.10. The van der Waals surface area contributed by atoms with Gasteiger partial charge in [-0.2, -0.15) is 0 Å². The van der Waals surface area contributed by atoms with E-state index in [2.05, 4.69) is 10.6 Å². The van der Waals surface area contributed by atoms with Crippen molar-refractivity contribution in [2.45, 2.75) is 83.6 Å². The minimum Gasteiger partial charge on any atom is -0.481 e. The predicted molar refractivity (Wildman–Crippen MR) is 110 cm³/mol. The van der Waals surface area contributed by atoms with Gasteiger partial charge in [0.25, 0.3) is 5.91 Å². The van der Waals surface area contributed by atoms with Gasteiger partial charge in [0.05, 0.1) is 5.56 Å². The first-order valence-electron chi connectivity index (χ1n) is 10.4. The van der Waals surface area contributed by atoms with Gasteiger partial charge in [-0.1, -0.05) is 26.2 Å². The summed E-state index contributed by atoms with van der Waals surface area (Å²) in [7, 11) is 0. The minimum atomic E-state index is -0.903. The van der Waals surface area contributed by atoms with E-state index >= 15 is 0 Å². The van der Waals surface area contributed by atoms with Gasteiger partial charge in [-0.3, -0.25) is 14.4 Å². The lowest BCUT2D eigenvalue weighted by Gasteiger charge is -2.23. The molecule has 7 heteroatoms. The summed E-state index contributed by atoms with van der Waals surface area (Å²) in [6.07, 6.45) is 9.68. The summed E-state index contributed by atoms with van der Waals surface area (Å²) in [4.78, 5) is 37.6. The summed E-state index contributed by atoms with van der Waals surface area (Å²) in [6.45, 7) is 1.75. The molecule has 6 nitrogen and oxygen atoms in total. The number of fused-ring (bicyclic) bond motifs is 1. The lowest BCUT2D eigenvalue weighted by molar-refractivity contribution is -0.138. The largest absolute Gasteiger partial charge is 0.481 e. The average Bonchev–Trinajstić information content (AvgIpc) is 2.99. The van der Waals surface area contributed by atoms with Crippen molar-refractivity contribution in [3.8, 4) is 0 Å². The number of carbonyl (C=O) groups is 3. The van der Waals surface area contributed by atoms with Gasteiger partial charge in [0.2, 0.25) is 5.91 Å². The van der Waals surface area contributed by atoms with Crippen molar-refractivity contribution in [1.29, 1.82) is 0 Å². The minimum absolute atomic E-state index is 0.0383. The van der Waals surface area contributed by atoms with Crippen LogP contribution in [0.1, 0.15) is 85.5 Å². The Morgan fingerprint density at radius 1 is 1.07 bits per heavy atom. The van der Waals surface area contributed by atoms with E-state index in [1.165, 1.54) is 22.6 Å². The second-order valence-corrected chi connectivity index (χ2v) is 9.28. The zero-order valence-corrected chi connectivity index (χ0v) is 17.3. The summed E-state index contributed by atoms with van der Waals surface area (Å²) in [6, 6.07) is 0.222. The van der Waals surface area contributed by atoms with Crippen LogP contribution in [0.2, 0.25) is 0 Å². The maximum atomic E-state index is 13.1. The van der Waals surface area contributed by atoms with Crippen LogP contribution in [0.15, 0.2) is 0 Å². The SMILES string of the molecule is CC(CC(=O)O)CC(=O)Nc1sc2c(c1C(=O)NC1CCCCC1)CCCC2. The zero-order valence-electron chi connectivity index (χ0n) is 16.5. The topological polar surface area (TPSA) is 95.5 Å². The number of carboxylic acid groups (broad SMARTS) is 1. The van der Waals surface area contributed by atoms with E-state index in [0.717, 1.165) is 56.9 Å². The molecule has 1 aromatic heterocycles. The van der Waals surface area contributed by atoms with Gasteiger partial charge in [-0.15, -0.1) is 11.3 Å². The first-order valence-corrected chi connectivity index (χ1v) is 11.2. The Hall–Kier alpha value is -1.89. The summed E-state index contributed by atoms with van der Waals surface area (Å²) in [5, 5.41) is 15.6. The van der Waals surface area contributed by atoms with E-state index in [1.54, 1.807) is 6.92 Å². The molecule has 28 heavy (non-hydrogen) atoms. The van der Waals surface area contributed by atoms with Crippen LogP contribution in [0.3, 0.4) is 0 Å². The fourth-order valence-corrected chi connectivity index (χ4v) is 5.57. The third-order valence-electron chi connectivity index (χ3n) is 5.65. The number of nitrogens with one attached hydrogen (secondary N) is 2. The number of aliphatic carboxylic acids is 1. The smallest absolute Gasteiger partial charge is 0.303 e. The molecule has 2 amide bonds. The fourth-order valence-electron chi connectivity index (χ4n) is 4.26. The first kappa shape index (κ1) is 20.8. The van der Waals surface area contributed by atoms with Crippen LogP contribution in [0.25, 0.3) is 0 Å². The number of carboxylic acids is 1. The van der Waals surface area contributed by atoms with E-state index in [1.807, 2.05) is 0 Å². The second-order valence-electron chi connectivity index (χ2n) is 8.18. The molecular weight excluding hydrogens is 376 g/mol. The van der Waals surface area contributed by atoms with Crippen molar-refractivity contribution < 1.29 is 19.5 Å². The molecular formula is C21H30N2O4S. The highest BCUT2D eigenvalue weighted by Crippen LogP contribution is 2.38. The van der Waals surface area contributed by atoms with E-state index in [4.69, 9.17) is 5.11 Å². The molecule has 2 aliphatic carbocycles. The van der Waals surface area contributed by atoms with Gasteiger partial charge < -0.3 is 15.7 Å². The Morgan fingerprint density at radius 2 is 1.79 bits per heavy atom. The zero-order chi connectivity index (χ0) is 20.1. The summed E-state index contributed by atoms with van der Waals surface area (Å²) < 4.78 is 0. The number of hydrogen-bond donors (Lipinski definition) is 3. The number of carbonyl (C=O) groups excluding carboxylic acids is 2. The average molecular weight is 407 g/mol. The highest BCUT2D eigenvalue weighted by molar-refractivity contribution is 7.17. The van der Waals surface area contributed by atoms with Gasteiger partial charge in [-0.25, -0.2) is 0 Å². The highest BCUT2D eigenvalue weighted by atomic mass is 32.1. The molecule has 3 N–H and O–H groups in total. The van der Waals surface area contributed by atoms with Gasteiger partial charge in [-0.05, 0) is 50.0 Å². The number of amides is 2. The highest BCUT2D eigenvalue weighted by Gasteiger charge is 2.28. The molecule has 0 radical (unpaired) electrons. The Morgan fingerprint density at radius 3 is 2.50 bits per heavy atom. The van der Waals surface area contributed by atoms with Crippen LogP contribution in [0, 0.1) is 5.92 Å². The van der Waals surface area contributed by atoms with Crippen molar-refractivity contribution in [2.75, 3.05) is 5.32 Å². The molecule has 1 unspecified atom stereocenters. The summed E-state index contributed by atoms with van der Waals surface area (Å²) >= 11 is 1.51. The molecule has 154 valence electrons. The monoisotopic (exact) mass is 406 g/mol. The van der Waals surface area contributed by atoms with Crippen molar-refractivity contribution in [1.82, 2.24) is 5.32 Å². The van der Waals surface area contributed by atoms with E-state index in [0.29, 0.717) is 10.6 Å². The molecule has 0 spiro atoms. The number of thiophene rings is 1. The second kappa shape index (κ2) is 9.54. The van der Waals surface area contributed by atoms with Crippen LogP contribution < -0.4 is 10.6 Å². The van der Waals surface area contributed by atoms with Gasteiger partial charge >= 0.3 is 5.97 Å². The molecule has 1 atom stereocenters. The number of aryl methyl sites for hydroxylation is 1. The molecule has 0 saturated heterocycles. The van der Waals surface area contributed by atoms with Gasteiger partial charge in [0.15, 0.2) is 0 Å². The lowest BCUT2D eigenvalue weighted by Crippen LogP contribution is -2.37. The standard InChI is InChI=1S/C21H30N2O4S/c1-13(12-18(25)26)11-17(24)23-21-19(15-9-5-6-10-16(15)28-21)20(27)22-14-7-3-2-4-8-14/h13-14H,2-12H2,1H3,(H,22,27)(H,23,24)(H,25,26). The number of rotatable bonds is 7. The Balaban J connectivity index is 1.74. The Bertz CT molecular complexity index is 737. The van der Waals surface area contributed by atoms with Gasteiger partial charge in [0, 0.05) is 23.8 Å². The van der Waals surface area contributed by atoms with Gasteiger partial charge in [0.1, 0.15) is 5.00 Å². The number of hydrogen-bond acceptors (Lipinski definition) is 4. The molecule has 1 aromatic rings. The van der Waals surface area contributed by atoms with E-state index in [9.17, 15) is 14.4 Å². The molecule has 1 heterocycles. The maximum Gasteiger partial charge on any atom is 0.303 e. The first-order chi connectivity index (χ1) is 13.4. The van der Waals surface area contributed by atoms with E-state index in [-0.39, 0.29) is 36.6 Å². The molecule has 1 saturated carbocycles. The third-order valence-corrected chi connectivity index (χ3v) is 6.86. The van der Waals surface area contributed by atoms with Crippen molar-refractivity contribution in [2.24, 2.45) is 5.92 Å². The van der Waals surface area contributed by atoms with Crippen LogP contribution in [0.4, 0.5) is 5.00 Å². The van der Waals surface area contributed by atoms with Crippen molar-refractivity contribution in [3.05, 3.63) is 16.0 Å². The predicted octanol–water partition coefficient (Wildman–Crippen LogP) is 4.13. The van der Waals surface area contributed by atoms with Crippen molar-refractivity contribution in [3.63, 3.8) is 0 Å². The molecule has 0 aromatic carbocycles. The quantitative estimate of drug-likeness (QED) is 0.634. The Labute approximate surface area is 170 Å². The number of anilines is 1. The molecule has 0 bridgehead atoms. The maximum absolute atomic E-state index is 13.1. The van der Waals surface area contributed by atoms with Crippen LogP contribution in [0.5, 0.6) is 0 Å².